The number of ether oxygens (including phenoxy) is 2. The highest BCUT2D eigenvalue weighted by molar-refractivity contribution is 7.22. The molecule has 0 N–H and O–H groups in total. The normalized spacial score (nSPS) is 10.8. The molecule has 0 atom stereocenters. The summed E-state index contributed by atoms with van der Waals surface area (Å²) in [5, 5.41) is 4.86. The van der Waals surface area contributed by atoms with Crippen molar-refractivity contribution >= 4 is 32.6 Å². The van der Waals surface area contributed by atoms with Crippen molar-refractivity contribution in [3.8, 4) is 11.5 Å². The fourth-order valence-electron chi connectivity index (χ4n) is 2.89. The second kappa shape index (κ2) is 8.74. The van der Waals surface area contributed by atoms with Crippen LogP contribution in [0.15, 0.2) is 67.0 Å². The van der Waals surface area contributed by atoms with Crippen molar-refractivity contribution in [1.82, 2.24) is 14.8 Å². The number of para-hydroxylation sites is 3. The van der Waals surface area contributed by atoms with Gasteiger partial charge < -0.3 is 9.47 Å². The van der Waals surface area contributed by atoms with Crippen LogP contribution >= 0.6 is 11.3 Å². The first kappa shape index (κ1) is 18.9. The molecule has 0 fully saturated rings. The molecule has 0 saturated carbocycles. The van der Waals surface area contributed by atoms with Gasteiger partial charge in [0, 0.05) is 18.9 Å². The van der Waals surface area contributed by atoms with Crippen LogP contribution in [-0.4, -0.2) is 40.9 Å². The third-order valence-corrected chi connectivity index (χ3v) is 5.41. The van der Waals surface area contributed by atoms with E-state index in [2.05, 4.69) is 10.1 Å². The number of hydrogen-bond acceptors (Lipinski definition) is 6. The number of fused-ring (bicyclic) bond motifs is 1. The van der Waals surface area contributed by atoms with Crippen LogP contribution in [0.25, 0.3) is 10.2 Å². The summed E-state index contributed by atoms with van der Waals surface area (Å²) in [7, 11) is 1.57. The molecule has 8 heteroatoms. The summed E-state index contributed by atoms with van der Waals surface area (Å²) < 4.78 is 13.8. The fourth-order valence-corrected chi connectivity index (χ4v) is 3.90. The molecule has 29 heavy (non-hydrogen) atoms. The Balaban J connectivity index is 1.54. The molecule has 1 amide bonds. The van der Waals surface area contributed by atoms with Crippen molar-refractivity contribution in [3.63, 3.8) is 0 Å². The number of carbonyl (C=O) groups excluding carboxylic acids is 1. The van der Waals surface area contributed by atoms with Crippen LogP contribution in [0.1, 0.15) is 0 Å². The SMILES string of the molecule is COc1ccccc1OCC(=O)N(CCn1cccn1)c1nc2ccccc2s1. The number of amides is 1. The van der Waals surface area contributed by atoms with Crippen molar-refractivity contribution in [2.75, 3.05) is 25.2 Å². The maximum absolute atomic E-state index is 13.1. The van der Waals surface area contributed by atoms with Crippen LogP contribution in [0.2, 0.25) is 0 Å². The van der Waals surface area contributed by atoms with Gasteiger partial charge in [0.1, 0.15) is 0 Å². The van der Waals surface area contributed by atoms with Crippen LogP contribution in [0, 0.1) is 0 Å². The van der Waals surface area contributed by atoms with E-state index in [0.717, 1.165) is 10.2 Å². The summed E-state index contributed by atoms with van der Waals surface area (Å²) in [5.41, 5.74) is 0.870. The molecule has 0 aliphatic rings. The molecule has 0 saturated heterocycles. The first-order valence-corrected chi connectivity index (χ1v) is 9.95. The van der Waals surface area contributed by atoms with Gasteiger partial charge in [0.25, 0.3) is 5.91 Å². The van der Waals surface area contributed by atoms with Crippen LogP contribution in [-0.2, 0) is 11.3 Å². The van der Waals surface area contributed by atoms with E-state index in [0.29, 0.717) is 29.7 Å². The molecule has 0 bridgehead atoms. The van der Waals surface area contributed by atoms with E-state index >= 15 is 0 Å². The van der Waals surface area contributed by atoms with Crippen LogP contribution in [0.5, 0.6) is 11.5 Å². The van der Waals surface area contributed by atoms with Gasteiger partial charge in [-0.05, 0) is 30.3 Å². The highest BCUT2D eigenvalue weighted by atomic mass is 32.1. The smallest absolute Gasteiger partial charge is 0.266 e. The van der Waals surface area contributed by atoms with Gasteiger partial charge >= 0.3 is 0 Å². The fraction of sp³-hybridized carbons (Fsp3) is 0.190. The second-order valence-electron chi connectivity index (χ2n) is 6.22. The van der Waals surface area contributed by atoms with E-state index in [1.54, 1.807) is 35.0 Å². The Morgan fingerprint density at radius 1 is 1.10 bits per heavy atom. The Kier molecular flexibility index (Phi) is 5.71. The maximum atomic E-state index is 13.1. The third kappa shape index (κ3) is 4.38. The van der Waals surface area contributed by atoms with Gasteiger partial charge in [0.2, 0.25) is 0 Å². The quantitative estimate of drug-likeness (QED) is 0.445. The minimum atomic E-state index is -0.179. The predicted octanol–water partition coefficient (Wildman–Crippen LogP) is 3.61. The number of methoxy groups -OCH3 is 1. The van der Waals surface area contributed by atoms with Crippen molar-refractivity contribution < 1.29 is 14.3 Å². The van der Waals surface area contributed by atoms with Gasteiger partial charge in [0.15, 0.2) is 23.2 Å². The molecule has 2 aromatic heterocycles. The lowest BCUT2D eigenvalue weighted by Crippen LogP contribution is -2.37. The van der Waals surface area contributed by atoms with Crippen molar-refractivity contribution in [2.45, 2.75) is 6.54 Å². The number of rotatable bonds is 8. The second-order valence-corrected chi connectivity index (χ2v) is 7.23. The first-order chi connectivity index (χ1) is 14.2. The molecular formula is C21H20N4O3S. The topological polar surface area (TPSA) is 69.5 Å². The number of carbonyl (C=O) groups is 1. The zero-order chi connectivity index (χ0) is 20.1. The molecule has 0 spiro atoms. The molecule has 0 unspecified atom stereocenters. The van der Waals surface area contributed by atoms with E-state index in [4.69, 9.17) is 9.47 Å². The van der Waals surface area contributed by atoms with Crippen molar-refractivity contribution in [2.24, 2.45) is 0 Å². The first-order valence-electron chi connectivity index (χ1n) is 9.14. The number of anilines is 1. The van der Waals surface area contributed by atoms with Crippen LogP contribution in [0.3, 0.4) is 0 Å². The Morgan fingerprint density at radius 2 is 1.90 bits per heavy atom. The molecule has 2 aromatic carbocycles. The minimum absolute atomic E-state index is 0.116. The van der Waals surface area contributed by atoms with E-state index in [-0.39, 0.29) is 12.5 Å². The van der Waals surface area contributed by atoms with Gasteiger partial charge in [0.05, 0.1) is 23.9 Å². The largest absolute Gasteiger partial charge is 0.493 e. The van der Waals surface area contributed by atoms with Gasteiger partial charge in [-0.2, -0.15) is 5.10 Å². The summed E-state index contributed by atoms with van der Waals surface area (Å²) in [6.07, 6.45) is 3.58. The van der Waals surface area contributed by atoms with Gasteiger partial charge in [-0.3, -0.25) is 14.4 Å². The zero-order valence-corrected chi connectivity index (χ0v) is 16.7. The average Bonchev–Trinajstić information content (AvgIpc) is 3.42. The van der Waals surface area contributed by atoms with Crippen molar-refractivity contribution in [1.29, 1.82) is 0 Å². The van der Waals surface area contributed by atoms with E-state index in [1.807, 2.05) is 48.7 Å². The monoisotopic (exact) mass is 408 g/mol. The lowest BCUT2D eigenvalue weighted by molar-refractivity contribution is -0.120. The zero-order valence-electron chi connectivity index (χ0n) is 15.9. The number of hydrogen-bond donors (Lipinski definition) is 0. The number of thiazole rings is 1. The molecule has 0 aliphatic carbocycles. The highest BCUT2D eigenvalue weighted by Gasteiger charge is 2.21. The van der Waals surface area contributed by atoms with E-state index in [9.17, 15) is 4.79 Å². The standard InChI is InChI=1S/C21H20N4O3S/c1-27-17-8-3-4-9-18(17)28-15-20(26)25(14-13-24-12-6-11-22-24)21-23-16-7-2-5-10-19(16)29-21/h2-12H,13-15H2,1H3. The third-order valence-electron chi connectivity index (χ3n) is 4.35. The van der Waals surface area contributed by atoms with Crippen LogP contribution < -0.4 is 14.4 Å². The maximum Gasteiger partial charge on any atom is 0.266 e. The van der Waals surface area contributed by atoms with Crippen molar-refractivity contribution in [3.05, 3.63) is 67.0 Å². The minimum Gasteiger partial charge on any atom is -0.493 e. The summed E-state index contributed by atoms with van der Waals surface area (Å²) in [4.78, 5) is 19.3. The molecule has 0 aliphatic heterocycles. The van der Waals surface area contributed by atoms with Crippen LogP contribution in [0.4, 0.5) is 5.13 Å². The molecular weight excluding hydrogens is 388 g/mol. The average molecular weight is 408 g/mol. The van der Waals surface area contributed by atoms with Gasteiger partial charge in [-0.25, -0.2) is 4.98 Å². The Morgan fingerprint density at radius 3 is 2.66 bits per heavy atom. The van der Waals surface area contributed by atoms with Gasteiger partial charge in [-0.1, -0.05) is 35.6 Å². The summed E-state index contributed by atoms with van der Waals surface area (Å²) >= 11 is 1.48. The number of nitrogens with zero attached hydrogens (tertiary/aromatic N) is 4. The molecule has 7 nitrogen and oxygen atoms in total. The number of benzene rings is 2. The summed E-state index contributed by atoms with van der Waals surface area (Å²) in [6, 6.07) is 17.0. The highest BCUT2D eigenvalue weighted by Crippen LogP contribution is 2.29. The summed E-state index contributed by atoms with van der Waals surface area (Å²) in [5.74, 6) is 0.935. The molecule has 4 rings (SSSR count). The number of aromatic nitrogens is 3. The van der Waals surface area contributed by atoms with E-state index < -0.39 is 0 Å². The molecule has 0 radical (unpaired) electrons. The molecule has 2 heterocycles. The Bertz CT molecular complexity index is 1060. The van der Waals surface area contributed by atoms with Gasteiger partial charge in [-0.15, -0.1) is 0 Å². The lowest BCUT2D eigenvalue weighted by atomic mass is 10.3. The molecule has 148 valence electrons. The predicted molar refractivity (Wildman–Crippen MR) is 113 cm³/mol. The lowest BCUT2D eigenvalue weighted by Gasteiger charge is -2.20. The Hall–Kier alpha value is -3.39. The van der Waals surface area contributed by atoms with E-state index in [1.165, 1.54) is 11.3 Å². The summed E-state index contributed by atoms with van der Waals surface area (Å²) in [6.45, 7) is 0.883. The molecule has 4 aromatic rings. The Labute approximate surface area is 172 Å².